The lowest BCUT2D eigenvalue weighted by Gasteiger charge is -2.44. The van der Waals surface area contributed by atoms with Gasteiger partial charge in [-0.1, -0.05) is 48.7 Å². The van der Waals surface area contributed by atoms with Crippen molar-refractivity contribution in [3.63, 3.8) is 0 Å². The molecule has 1 aromatic heterocycles. The van der Waals surface area contributed by atoms with Crippen LogP contribution in [0, 0.1) is 18.8 Å². The minimum absolute atomic E-state index is 0.0344. The predicted molar refractivity (Wildman–Crippen MR) is 124 cm³/mol. The molecule has 31 heavy (non-hydrogen) atoms. The molecule has 2 aliphatic heterocycles. The van der Waals surface area contributed by atoms with Gasteiger partial charge < -0.3 is 9.88 Å². The number of amides is 1. The van der Waals surface area contributed by atoms with Crippen LogP contribution in [0.15, 0.2) is 58.3 Å². The molecule has 1 fully saturated rings. The van der Waals surface area contributed by atoms with Crippen molar-refractivity contribution in [1.29, 1.82) is 0 Å². The van der Waals surface area contributed by atoms with E-state index in [1.807, 2.05) is 42.2 Å². The second-order valence-electron chi connectivity index (χ2n) is 9.06. The van der Waals surface area contributed by atoms with Gasteiger partial charge in [-0.05, 0) is 49.9 Å². The van der Waals surface area contributed by atoms with Crippen LogP contribution in [0.3, 0.4) is 0 Å². The minimum Gasteiger partial charge on any atom is -0.353 e. The zero-order valence-electron chi connectivity index (χ0n) is 17.7. The summed E-state index contributed by atoms with van der Waals surface area (Å²) in [7, 11) is -1.29. The molecule has 3 atom stereocenters. The molecule has 1 amide bonds. The fourth-order valence-electron chi connectivity index (χ4n) is 5.74. The van der Waals surface area contributed by atoms with E-state index in [2.05, 4.69) is 23.2 Å². The third-order valence-electron chi connectivity index (χ3n) is 7.26. The Hall–Kier alpha value is -2.66. The third-order valence-corrected chi connectivity index (χ3v) is 8.86. The molecule has 1 aliphatic carbocycles. The summed E-state index contributed by atoms with van der Waals surface area (Å²) in [6.45, 7) is 2.71. The molecule has 158 valence electrons. The number of nitrogens with one attached hydrogen (secondary N) is 1. The Morgan fingerprint density at radius 3 is 2.55 bits per heavy atom. The van der Waals surface area contributed by atoms with Gasteiger partial charge in [-0.2, -0.15) is 0 Å². The summed E-state index contributed by atoms with van der Waals surface area (Å²) in [5, 5.41) is 1.21. The van der Waals surface area contributed by atoms with Crippen LogP contribution in [0.5, 0.6) is 0 Å². The Balaban J connectivity index is 1.62. The van der Waals surface area contributed by atoms with Crippen LogP contribution >= 0.6 is 0 Å². The Bertz CT molecular complexity index is 1250. The summed E-state index contributed by atoms with van der Waals surface area (Å²) in [5.41, 5.74) is 5.39. The van der Waals surface area contributed by atoms with E-state index < -0.39 is 10.8 Å². The van der Waals surface area contributed by atoms with E-state index >= 15 is 0 Å². The zero-order chi connectivity index (χ0) is 21.1. The van der Waals surface area contributed by atoms with Crippen molar-refractivity contribution in [1.82, 2.24) is 9.88 Å². The molecule has 2 aromatic carbocycles. The van der Waals surface area contributed by atoms with Crippen LogP contribution < -0.4 is 0 Å². The molecule has 0 saturated heterocycles. The number of aryl methyl sites for hydroxylation is 1. The maximum absolute atomic E-state index is 14.1. The van der Waals surface area contributed by atoms with Crippen LogP contribution in [0.25, 0.3) is 16.6 Å². The molecule has 1 N–H and O–H groups in total. The standard InChI is InChI=1S/C26H26N2O2S/c1-16-10-12-17(13-11-16)31(30)25-20-7-2-3-8-21(20)26(29)28-15-14-19-18-6-4-5-9-22(18)27-23(19)24(25)28/h4-6,9-13,20-21,27H,2-3,7-8,14-15H2,1H3/t20-,21+,31?/m1/s1. The summed E-state index contributed by atoms with van der Waals surface area (Å²) in [6.07, 6.45) is 4.85. The Labute approximate surface area is 184 Å². The van der Waals surface area contributed by atoms with Crippen LogP contribution in [0.1, 0.15) is 42.5 Å². The number of carbonyl (C=O) groups is 1. The van der Waals surface area contributed by atoms with E-state index in [0.29, 0.717) is 6.54 Å². The summed E-state index contributed by atoms with van der Waals surface area (Å²) in [4.78, 5) is 20.9. The molecule has 3 aromatic rings. The van der Waals surface area contributed by atoms with Crippen molar-refractivity contribution in [2.45, 2.75) is 43.9 Å². The quantitative estimate of drug-likeness (QED) is 0.611. The molecule has 3 aliphatic rings. The number of carbonyl (C=O) groups excluding carboxylic acids is 1. The molecular weight excluding hydrogens is 404 g/mol. The van der Waals surface area contributed by atoms with Crippen LogP contribution in [0.4, 0.5) is 0 Å². The SMILES string of the molecule is Cc1ccc(S(=O)C2=C3c4[nH]c5ccccc5c4CCN3C(=O)[C@H]3CCCC[C@@H]23)cc1. The van der Waals surface area contributed by atoms with Crippen LogP contribution in [-0.2, 0) is 22.0 Å². The van der Waals surface area contributed by atoms with Gasteiger partial charge in [-0.3, -0.25) is 4.79 Å². The number of benzene rings is 2. The van der Waals surface area contributed by atoms with Crippen molar-refractivity contribution in [2.24, 2.45) is 11.8 Å². The van der Waals surface area contributed by atoms with Gasteiger partial charge in [0.05, 0.1) is 27.1 Å². The highest BCUT2D eigenvalue weighted by molar-refractivity contribution is 7.89. The number of hydrogen-bond acceptors (Lipinski definition) is 2. The third kappa shape index (κ3) is 2.86. The molecule has 6 rings (SSSR count). The van der Waals surface area contributed by atoms with E-state index in [9.17, 15) is 9.00 Å². The van der Waals surface area contributed by atoms with Crippen molar-refractivity contribution >= 4 is 33.3 Å². The van der Waals surface area contributed by atoms with Gasteiger partial charge in [0.1, 0.15) is 0 Å². The topological polar surface area (TPSA) is 53.2 Å². The first-order valence-corrected chi connectivity index (χ1v) is 12.4. The number of para-hydroxylation sites is 1. The highest BCUT2D eigenvalue weighted by Gasteiger charge is 2.47. The lowest BCUT2D eigenvalue weighted by Crippen LogP contribution is -2.48. The van der Waals surface area contributed by atoms with Gasteiger partial charge in [0.25, 0.3) is 0 Å². The molecule has 0 radical (unpaired) electrons. The summed E-state index contributed by atoms with van der Waals surface area (Å²) in [5.74, 6) is 0.258. The average molecular weight is 431 g/mol. The highest BCUT2D eigenvalue weighted by atomic mass is 32.2. The number of nitrogens with zero attached hydrogens (tertiary/aromatic N) is 1. The molecule has 3 heterocycles. The number of hydrogen-bond donors (Lipinski definition) is 1. The molecule has 0 bridgehead atoms. The number of H-pyrrole nitrogens is 1. The van der Waals surface area contributed by atoms with Crippen LogP contribution in [0.2, 0.25) is 0 Å². The number of rotatable bonds is 2. The minimum atomic E-state index is -1.29. The fourth-order valence-corrected chi connectivity index (χ4v) is 7.32. The number of fused-ring (bicyclic) bond motifs is 6. The normalized spacial score (nSPS) is 24.0. The van der Waals surface area contributed by atoms with Crippen molar-refractivity contribution in [3.05, 3.63) is 70.3 Å². The van der Waals surface area contributed by atoms with E-state index in [-0.39, 0.29) is 17.7 Å². The second-order valence-corrected chi connectivity index (χ2v) is 10.5. The van der Waals surface area contributed by atoms with E-state index in [1.165, 1.54) is 10.9 Å². The van der Waals surface area contributed by atoms with Crippen LogP contribution in [-0.4, -0.2) is 26.5 Å². The Kier molecular flexibility index (Phi) is 4.42. The van der Waals surface area contributed by atoms with E-state index in [0.717, 1.165) is 64.4 Å². The Morgan fingerprint density at radius 1 is 1.00 bits per heavy atom. The lowest BCUT2D eigenvalue weighted by molar-refractivity contribution is -0.135. The largest absolute Gasteiger partial charge is 0.353 e. The maximum Gasteiger partial charge on any atom is 0.230 e. The maximum atomic E-state index is 14.1. The molecule has 4 nitrogen and oxygen atoms in total. The second kappa shape index (κ2) is 7.20. The van der Waals surface area contributed by atoms with Crippen molar-refractivity contribution in [2.75, 3.05) is 6.54 Å². The predicted octanol–water partition coefficient (Wildman–Crippen LogP) is 5.16. The first-order valence-electron chi connectivity index (χ1n) is 11.3. The fraction of sp³-hybridized carbons (Fsp3) is 0.346. The first kappa shape index (κ1) is 19.1. The van der Waals surface area contributed by atoms with Gasteiger partial charge in [-0.25, -0.2) is 4.21 Å². The van der Waals surface area contributed by atoms with E-state index in [4.69, 9.17) is 0 Å². The van der Waals surface area contributed by atoms with Gasteiger partial charge in [-0.15, -0.1) is 0 Å². The number of allylic oxidation sites excluding steroid dienone is 1. The highest BCUT2D eigenvalue weighted by Crippen LogP contribution is 2.49. The summed E-state index contributed by atoms with van der Waals surface area (Å²) >= 11 is 0. The average Bonchev–Trinajstić information content (AvgIpc) is 3.19. The zero-order valence-corrected chi connectivity index (χ0v) is 18.5. The van der Waals surface area contributed by atoms with Gasteiger partial charge in [0.2, 0.25) is 5.91 Å². The first-order chi connectivity index (χ1) is 15.1. The summed E-state index contributed by atoms with van der Waals surface area (Å²) < 4.78 is 14.1. The Morgan fingerprint density at radius 2 is 1.74 bits per heavy atom. The van der Waals surface area contributed by atoms with Gasteiger partial charge >= 0.3 is 0 Å². The molecule has 1 unspecified atom stereocenters. The monoisotopic (exact) mass is 430 g/mol. The van der Waals surface area contributed by atoms with Gasteiger partial charge in [0, 0.05) is 34.2 Å². The van der Waals surface area contributed by atoms with E-state index in [1.54, 1.807) is 0 Å². The number of aromatic amines is 1. The smallest absolute Gasteiger partial charge is 0.230 e. The molecule has 1 saturated carbocycles. The molecular formula is C26H26N2O2S. The van der Waals surface area contributed by atoms with Crippen molar-refractivity contribution in [3.8, 4) is 0 Å². The van der Waals surface area contributed by atoms with Gasteiger partial charge in [0.15, 0.2) is 0 Å². The van der Waals surface area contributed by atoms with Crippen molar-refractivity contribution < 1.29 is 9.00 Å². The molecule has 5 heteroatoms. The molecule has 0 spiro atoms. The summed E-state index contributed by atoms with van der Waals surface area (Å²) in [6, 6.07) is 16.3. The lowest BCUT2D eigenvalue weighted by atomic mass is 9.74. The number of aromatic nitrogens is 1.